The molecular formula is C21H21ClN2O3. The highest BCUT2D eigenvalue weighted by molar-refractivity contribution is 6.30. The van der Waals surface area contributed by atoms with Gasteiger partial charge in [-0.3, -0.25) is 9.59 Å². The molecule has 0 aromatic heterocycles. The average molecular weight is 385 g/mol. The molecule has 0 spiro atoms. The fraction of sp³-hybridized carbons (Fsp3) is 0.333. The lowest BCUT2D eigenvalue weighted by Crippen LogP contribution is -2.48. The van der Waals surface area contributed by atoms with Crippen molar-refractivity contribution in [2.24, 2.45) is 5.92 Å². The predicted molar refractivity (Wildman–Crippen MR) is 104 cm³/mol. The van der Waals surface area contributed by atoms with Gasteiger partial charge >= 0.3 is 0 Å². The summed E-state index contributed by atoms with van der Waals surface area (Å²) in [5, 5.41) is 0.601. The predicted octanol–water partition coefficient (Wildman–Crippen LogP) is 3.62. The second kappa shape index (κ2) is 7.61. The van der Waals surface area contributed by atoms with E-state index in [2.05, 4.69) is 0 Å². The smallest absolute Gasteiger partial charge is 0.253 e. The molecule has 2 aromatic carbocycles. The first-order chi connectivity index (χ1) is 13.1. The molecule has 1 saturated heterocycles. The van der Waals surface area contributed by atoms with Crippen LogP contribution in [0.5, 0.6) is 5.75 Å². The number of nitrogens with zero attached hydrogens (tertiary/aromatic N) is 2. The van der Waals surface area contributed by atoms with Crippen molar-refractivity contribution in [2.45, 2.75) is 12.8 Å². The molecule has 1 fully saturated rings. The molecule has 2 aliphatic heterocycles. The summed E-state index contributed by atoms with van der Waals surface area (Å²) in [4.78, 5) is 29.6. The van der Waals surface area contributed by atoms with Gasteiger partial charge in [0.05, 0.1) is 18.2 Å². The highest BCUT2D eigenvalue weighted by Crippen LogP contribution is 2.33. The van der Waals surface area contributed by atoms with Crippen LogP contribution in [-0.2, 0) is 4.79 Å². The van der Waals surface area contributed by atoms with Gasteiger partial charge in [0, 0.05) is 23.7 Å². The second-order valence-corrected chi connectivity index (χ2v) is 7.34. The van der Waals surface area contributed by atoms with Crippen molar-refractivity contribution in [1.29, 1.82) is 0 Å². The molecule has 140 valence electrons. The molecule has 2 aliphatic rings. The molecule has 5 nitrogen and oxygen atoms in total. The SMILES string of the molecule is O=C(c1ccc(Cl)cc1)N1CCCC(C(=O)N2CCOc3ccccc32)C1. The minimum Gasteiger partial charge on any atom is -0.490 e. The van der Waals surface area contributed by atoms with Gasteiger partial charge in [0.15, 0.2) is 0 Å². The van der Waals surface area contributed by atoms with E-state index in [-0.39, 0.29) is 17.7 Å². The van der Waals surface area contributed by atoms with Gasteiger partial charge in [-0.25, -0.2) is 0 Å². The van der Waals surface area contributed by atoms with E-state index in [1.165, 1.54) is 0 Å². The van der Waals surface area contributed by atoms with Crippen LogP contribution < -0.4 is 9.64 Å². The van der Waals surface area contributed by atoms with E-state index in [0.29, 0.717) is 36.8 Å². The number of anilines is 1. The number of para-hydroxylation sites is 2. The monoisotopic (exact) mass is 384 g/mol. The lowest BCUT2D eigenvalue weighted by molar-refractivity contribution is -0.124. The molecule has 0 bridgehead atoms. The Labute approximate surface area is 163 Å². The molecule has 1 atom stereocenters. The van der Waals surface area contributed by atoms with E-state index < -0.39 is 0 Å². The molecule has 2 heterocycles. The Morgan fingerprint density at radius 1 is 1.04 bits per heavy atom. The van der Waals surface area contributed by atoms with Crippen molar-refractivity contribution >= 4 is 29.1 Å². The number of likely N-dealkylation sites (tertiary alicyclic amines) is 1. The fourth-order valence-electron chi connectivity index (χ4n) is 3.76. The molecule has 0 radical (unpaired) electrons. The van der Waals surface area contributed by atoms with Crippen molar-refractivity contribution in [3.8, 4) is 5.75 Å². The summed E-state index contributed by atoms with van der Waals surface area (Å²) in [6, 6.07) is 14.5. The Bertz CT molecular complexity index is 853. The summed E-state index contributed by atoms with van der Waals surface area (Å²) in [5.41, 5.74) is 1.42. The summed E-state index contributed by atoms with van der Waals surface area (Å²) in [6.45, 7) is 2.14. The van der Waals surface area contributed by atoms with Crippen molar-refractivity contribution in [3.05, 3.63) is 59.1 Å². The second-order valence-electron chi connectivity index (χ2n) is 6.90. The van der Waals surface area contributed by atoms with Gasteiger partial charge in [0.1, 0.15) is 12.4 Å². The zero-order valence-corrected chi connectivity index (χ0v) is 15.7. The lowest BCUT2D eigenvalue weighted by atomic mass is 9.95. The normalized spacial score (nSPS) is 19.2. The van der Waals surface area contributed by atoms with Crippen LogP contribution in [0.15, 0.2) is 48.5 Å². The van der Waals surface area contributed by atoms with E-state index in [1.54, 1.807) is 34.1 Å². The maximum absolute atomic E-state index is 13.2. The Kier molecular flexibility index (Phi) is 5.03. The van der Waals surface area contributed by atoms with Gasteiger partial charge in [-0.15, -0.1) is 0 Å². The van der Waals surface area contributed by atoms with Gasteiger partial charge in [0.2, 0.25) is 5.91 Å². The molecule has 4 rings (SSSR count). The van der Waals surface area contributed by atoms with E-state index in [0.717, 1.165) is 24.3 Å². The summed E-state index contributed by atoms with van der Waals surface area (Å²) >= 11 is 5.91. The van der Waals surface area contributed by atoms with Crippen LogP contribution in [0.3, 0.4) is 0 Å². The van der Waals surface area contributed by atoms with Crippen molar-refractivity contribution in [1.82, 2.24) is 4.90 Å². The van der Waals surface area contributed by atoms with Crippen molar-refractivity contribution < 1.29 is 14.3 Å². The molecule has 0 N–H and O–H groups in total. The zero-order chi connectivity index (χ0) is 18.8. The number of amides is 2. The van der Waals surface area contributed by atoms with Crippen LogP contribution in [0.2, 0.25) is 5.02 Å². The summed E-state index contributed by atoms with van der Waals surface area (Å²) in [5.74, 6) is 0.564. The number of carbonyl (C=O) groups excluding carboxylic acids is 2. The number of benzene rings is 2. The van der Waals surface area contributed by atoms with E-state index in [9.17, 15) is 9.59 Å². The minimum absolute atomic E-state index is 0.0495. The topological polar surface area (TPSA) is 49.9 Å². The van der Waals surface area contributed by atoms with Crippen molar-refractivity contribution in [3.63, 3.8) is 0 Å². The van der Waals surface area contributed by atoms with Crippen LogP contribution in [0, 0.1) is 5.92 Å². The highest BCUT2D eigenvalue weighted by atomic mass is 35.5. The van der Waals surface area contributed by atoms with Gasteiger partial charge < -0.3 is 14.5 Å². The maximum Gasteiger partial charge on any atom is 0.253 e. The van der Waals surface area contributed by atoms with Crippen LogP contribution in [0.4, 0.5) is 5.69 Å². The Morgan fingerprint density at radius 2 is 1.81 bits per heavy atom. The van der Waals surface area contributed by atoms with Crippen LogP contribution >= 0.6 is 11.6 Å². The summed E-state index contributed by atoms with van der Waals surface area (Å²) < 4.78 is 5.65. The van der Waals surface area contributed by atoms with Gasteiger partial charge in [-0.1, -0.05) is 23.7 Å². The Balaban J connectivity index is 1.49. The number of hydrogen-bond donors (Lipinski definition) is 0. The number of fused-ring (bicyclic) bond motifs is 1. The van der Waals surface area contributed by atoms with Gasteiger partial charge in [0.25, 0.3) is 5.91 Å². The molecule has 0 aliphatic carbocycles. The number of piperidine rings is 1. The number of hydrogen-bond acceptors (Lipinski definition) is 3. The first-order valence-corrected chi connectivity index (χ1v) is 9.59. The summed E-state index contributed by atoms with van der Waals surface area (Å²) in [6.07, 6.45) is 1.62. The van der Waals surface area contributed by atoms with Crippen LogP contribution in [-0.4, -0.2) is 43.0 Å². The lowest BCUT2D eigenvalue weighted by Gasteiger charge is -2.36. The number of ether oxygens (including phenoxy) is 1. The number of carbonyl (C=O) groups is 2. The molecule has 1 unspecified atom stereocenters. The molecule has 2 amide bonds. The summed E-state index contributed by atoms with van der Waals surface area (Å²) in [7, 11) is 0. The van der Waals surface area contributed by atoms with E-state index in [1.807, 2.05) is 24.3 Å². The first kappa shape index (κ1) is 17.9. The Hall–Kier alpha value is -2.53. The van der Waals surface area contributed by atoms with Gasteiger partial charge in [-0.2, -0.15) is 0 Å². The number of halogens is 1. The van der Waals surface area contributed by atoms with Crippen LogP contribution in [0.1, 0.15) is 23.2 Å². The number of rotatable bonds is 2. The molecule has 27 heavy (non-hydrogen) atoms. The minimum atomic E-state index is -0.193. The molecule has 2 aromatic rings. The molecule has 0 saturated carbocycles. The molecular weight excluding hydrogens is 364 g/mol. The highest BCUT2D eigenvalue weighted by Gasteiger charge is 2.34. The molecule has 6 heteroatoms. The zero-order valence-electron chi connectivity index (χ0n) is 14.9. The third-order valence-electron chi connectivity index (χ3n) is 5.14. The largest absolute Gasteiger partial charge is 0.490 e. The fourth-order valence-corrected chi connectivity index (χ4v) is 3.88. The average Bonchev–Trinajstić information content (AvgIpc) is 2.73. The standard InChI is InChI=1S/C21H21ClN2O3/c22-17-9-7-15(8-10-17)20(25)23-11-3-4-16(14-23)21(26)24-12-13-27-19-6-2-1-5-18(19)24/h1-2,5-10,16H,3-4,11-14H2. The quantitative estimate of drug-likeness (QED) is 0.794. The van der Waals surface area contributed by atoms with Crippen LogP contribution in [0.25, 0.3) is 0 Å². The van der Waals surface area contributed by atoms with Gasteiger partial charge in [-0.05, 0) is 49.2 Å². The van der Waals surface area contributed by atoms with Crippen molar-refractivity contribution in [2.75, 3.05) is 31.1 Å². The first-order valence-electron chi connectivity index (χ1n) is 9.21. The Morgan fingerprint density at radius 3 is 2.63 bits per heavy atom. The third-order valence-corrected chi connectivity index (χ3v) is 5.40. The third kappa shape index (κ3) is 3.65. The maximum atomic E-state index is 13.2. The van der Waals surface area contributed by atoms with E-state index >= 15 is 0 Å². The van der Waals surface area contributed by atoms with E-state index in [4.69, 9.17) is 16.3 Å².